The molecule has 1 aromatic carbocycles. The zero-order valence-electron chi connectivity index (χ0n) is 18.0. The average Bonchev–Trinajstić information content (AvgIpc) is 3.07. The van der Waals surface area contributed by atoms with Crippen LogP contribution in [0.5, 0.6) is 0 Å². The minimum atomic E-state index is -0.258. The fraction of sp³-hybridized carbons (Fsp3) is 0.625. The van der Waals surface area contributed by atoms with Crippen LogP contribution in [0.2, 0.25) is 0 Å². The van der Waals surface area contributed by atoms with E-state index in [2.05, 4.69) is 54.0 Å². The summed E-state index contributed by atoms with van der Waals surface area (Å²) in [6, 6.07) is 10.9. The quantitative estimate of drug-likeness (QED) is 0.754. The Labute approximate surface area is 178 Å². The monoisotopic (exact) mass is 406 g/mol. The summed E-state index contributed by atoms with van der Waals surface area (Å²) in [6.07, 6.45) is 2.74. The molecule has 4 aliphatic rings. The molecule has 2 bridgehead atoms. The number of hydrogen-bond donors (Lipinski definition) is 0. The standard InChI is InChI=1S/C24H30N4O2/c1-14-4-6-17(7-5-14)16(3)27-20-10-22(24(27)30)26(13-20)12-15(2)23(29)28-19(11-25)8-18-9-21(18)28/h4-7,15-16,18-22H,8-10,12-13H2,1-3H3/t15-,16-,18+,19-,20?,21?,22-/m0/s1. The minimum absolute atomic E-state index is 0.0714. The van der Waals surface area contributed by atoms with Crippen LogP contribution in [-0.4, -0.2) is 63.8 Å². The molecule has 3 heterocycles. The zero-order valence-corrected chi connectivity index (χ0v) is 18.0. The minimum Gasteiger partial charge on any atom is -0.330 e. The first-order valence-electron chi connectivity index (χ1n) is 11.2. The zero-order chi connectivity index (χ0) is 21.2. The second-order valence-electron chi connectivity index (χ2n) is 9.78. The molecule has 0 aromatic heterocycles. The van der Waals surface area contributed by atoms with Crippen molar-refractivity contribution in [2.75, 3.05) is 13.1 Å². The van der Waals surface area contributed by atoms with Crippen molar-refractivity contribution in [2.24, 2.45) is 11.8 Å². The largest absolute Gasteiger partial charge is 0.330 e. The van der Waals surface area contributed by atoms with Gasteiger partial charge in [0.15, 0.2) is 0 Å². The first-order valence-corrected chi connectivity index (χ1v) is 11.2. The van der Waals surface area contributed by atoms with Crippen molar-refractivity contribution in [2.45, 2.75) is 70.2 Å². The van der Waals surface area contributed by atoms with Gasteiger partial charge < -0.3 is 9.80 Å². The number of piperidine rings is 1. The molecule has 7 atom stereocenters. The highest BCUT2D eigenvalue weighted by Crippen LogP contribution is 2.48. The number of nitriles is 1. The molecule has 0 radical (unpaired) electrons. The lowest BCUT2D eigenvalue weighted by atomic mass is 10.0. The maximum Gasteiger partial charge on any atom is 0.240 e. The molecule has 158 valence electrons. The van der Waals surface area contributed by atoms with E-state index in [0.29, 0.717) is 12.5 Å². The van der Waals surface area contributed by atoms with E-state index in [-0.39, 0.29) is 47.9 Å². The van der Waals surface area contributed by atoms with Crippen LogP contribution in [0.25, 0.3) is 0 Å². The van der Waals surface area contributed by atoms with Crippen molar-refractivity contribution in [3.05, 3.63) is 35.4 Å². The number of aryl methyl sites for hydroxylation is 1. The molecule has 2 amide bonds. The molecular formula is C24H30N4O2. The van der Waals surface area contributed by atoms with Crippen molar-refractivity contribution in [3.63, 3.8) is 0 Å². The maximum absolute atomic E-state index is 13.2. The summed E-state index contributed by atoms with van der Waals surface area (Å²) in [7, 11) is 0. The number of rotatable bonds is 5. The van der Waals surface area contributed by atoms with Crippen LogP contribution >= 0.6 is 0 Å². The van der Waals surface area contributed by atoms with Gasteiger partial charge in [0.25, 0.3) is 0 Å². The number of amides is 2. The van der Waals surface area contributed by atoms with Gasteiger partial charge in [-0.25, -0.2) is 0 Å². The van der Waals surface area contributed by atoms with Crippen LogP contribution in [-0.2, 0) is 9.59 Å². The second kappa shape index (κ2) is 7.09. The lowest BCUT2D eigenvalue weighted by molar-refractivity contribution is -0.142. The molecule has 3 saturated heterocycles. The van der Waals surface area contributed by atoms with Gasteiger partial charge in [-0.15, -0.1) is 0 Å². The summed E-state index contributed by atoms with van der Waals surface area (Å²) >= 11 is 0. The Hall–Kier alpha value is -2.39. The highest BCUT2D eigenvalue weighted by atomic mass is 16.2. The predicted octanol–water partition coefficient (Wildman–Crippen LogP) is 2.49. The fourth-order valence-corrected chi connectivity index (χ4v) is 5.98. The van der Waals surface area contributed by atoms with Crippen molar-refractivity contribution in [1.82, 2.24) is 14.7 Å². The Kier molecular flexibility index (Phi) is 4.62. The highest BCUT2D eigenvalue weighted by molar-refractivity contribution is 5.86. The molecule has 4 fully saturated rings. The van der Waals surface area contributed by atoms with E-state index in [9.17, 15) is 14.9 Å². The van der Waals surface area contributed by atoms with Crippen LogP contribution < -0.4 is 0 Å². The summed E-state index contributed by atoms with van der Waals surface area (Å²) in [5.74, 6) is 0.631. The Morgan fingerprint density at radius 3 is 2.60 bits per heavy atom. The SMILES string of the molecule is Cc1ccc([C@H](C)N2C(=O)[C@@H]3CC2CN3C[C@H](C)C(=O)N2C3C[C@H]3C[C@H]2C#N)cc1. The van der Waals surface area contributed by atoms with Crippen molar-refractivity contribution < 1.29 is 9.59 Å². The van der Waals surface area contributed by atoms with Gasteiger partial charge in [0, 0.05) is 31.1 Å². The number of carbonyl (C=O) groups excluding carboxylic acids is 2. The van der Waals surface area contributed by atoms with Gasteiger partial charge in [-0.1, -0.05) is 36.8 Å². The number of carbonyl (C=O) groups is 2. The molecule has 30 heavy (non-hydrogen) atoms. The van der Waals surface area contributed by atoms with Gasteiger partial charge in [-0.05, 0) is 44.6 Å². The van der Waals surface area contributed by atoms with E-state index in [1.165, 1.54) is 11.1 Å². The Bertz CT molecular complexity index is 907. The molecule has 5 rings (SSSR count). The van der Waals surface area contributed by atoms with Crippen LogP contribution in [0.3, 0.4) is 0 Å². The molecule has 1 aliphatic carbocycles. The smallest absolute Gasteiger partial charge is 0.240 e. The highest BCUT2D eigenvalue weighted by Gasteiger charge is 2.55. The molecule has 3 aliphatic heterocycles. The lowest BCUT2D eigenvalue weighted by Gasteiger charge is -2.38. The first-order chi connectivity index (χ1) is 14.4. The van der Waals surface area contributed by atoms with E-state index in [0.717, 1.165) is 25.8 Å². The summed E-state index contributed by atoms with van der Waals surface area (Å²) in [5, 5.41) is 9.40. The molecule has 6 heteroatoms. The lowest BCUT2D eigenvalue weighted by Crippen LogP contribution is -2.53. The average molecular weight is 407 g/mol. The van der Waals surface area contributed by atoms with Gasteiger partial charge in [0.1, 0.15) is 6.04 Å². The van der Waals surface area contributed by atoms with Gasteiger partial charge >= 0.3 is 0 Å². The van der Waals surface area contributed by atoms with Crippen LogP contribution in [0.4, 0.5) is 0 Å². The molecule has 1 aromatic rings. The van der Waals surface area contributed by atoms with Crippen LogP contribution in [0.1, 0.15) is 50.3 Å². The number of benzene rings is 1. The molecule has 0 spiro atoms. The molecular weight excluding hydrogens is 376 g/mol. The number of likely N-dealkylation sites (tertiary alicyclic amines) is 3. The van der Waals surface area contributed by atoms with Crippen molar-refractivity contribution in [3.8, 4) is 6.07 Å². The summed E-state index contributed by atoms with van der Waals surface area (Å²) in [5.41, 5.74) is 2.39. The number of piperazine rings is 1. The third-order valence-corrected chi connectivity index (χ3v) is 7.73. The van der Waals surface area contributed by atoms with Crippen molar-refractivity contribution >= 4 is 11.8 Å². The normalized spacial score (nSPS) is 34.1. The van der Waals surface area contributed by atoms with Crippen LogP contribution in [0.15, 0.2) is 24.3 Å². The summed E-state index contributed by atoms with van der Waals surface area (Å²) in [6.45, 7) is 7.57. The molecule has 2 unspecified atom stereocenters. The first kappa shape index (κ1) is 19.6. The maximum atomic E-state index is 13.2. The van der Waals surface area contributed by atoms with Gasteiger partial charge in [-0.3, -0.25) is 14.5 Å². The van der Waals surface area contributed by atoms with Crippen LogP contribution in [0, 0.1) is 30.1 Å². The number of hydrogen-bond acceptors (Lipinski definition) is 4. The van der Waals surface area contributed by atoms with E-state index in [1.807, 2.05) is 11.8 Å². The molecule has 1 saturated carbocycles. The Morgan fingerprint density at radius 2 is 1.93 bits per heavy atom. The summed E-state index contributed by atoms with van der Waals surface area (Å²) < 4.78 is 0. The van der Waals surface area contributed by atoms with E-state index in [1.54, 1.807) is 0 Å². The van der Waals surface area contributed by atoms with Gasteiger partial charge in [-0.2, -0.15) is 5.26 Å². The third kappa shape index (κ3) is 3.02. The third-order valence-electron chi connectivity index (χ3n) is 7.73. The van der Waals surface area contributed by atoms with E-state index < -0.39 is 0 Å². The number of fused-ring (bicyclic) bond motifs is 3. The topological polar surface area (TPSA) is 67.7 Å². The predicted molar refractivity (Wildman–Crippen MR) is 112 cm³/mol. The van der Waals surface area contributed by atoms with Crippen molar-refractivity contribution in [1.29, 1.82) is 5.26 Å². The Morgan fingerprint density at radius 1 is 1.20 bits per heavy atom. The second-order valence-corrected chi connectivity index (χ2v) is 9.78. The molecule has 6 nitrogen and oxygen atoms in total. The van der Waals surface area contributed by atoms with E-state index >= 15 is 0 Å². The Balaban J connectivity index is 1.23. The summed E-state index contributed by atoms with van der Waals surface area (Å²) in [4.78, 5) is 32.3. The number of nitrogens with zero attached hydrogens (tertiary/aromatic N) is 4. The fourth-order valence-electron chi connectivity index (χ4n) is 5.98. The molecule has 0 N–H and O–H groups in total. The van der Waals surface area contributed by atoms with Gasteiger partial charge in [0.05, 0.1) is 18.2 Å². The van der Waals surface area contributed by atoms with Gasteiger partial charge in [0.2, 0.25) is 11.8 Å². The van der Waals surface area contributed by atoms with E-state index in [4.69, 9.17) is 0 Å².